The molecule has 0 aromatic heterocycles. The van der Waals surface area contributed by atoms with E-state index in [1.807, 2.05) is 88.4 Å². The first kappa shape index (κ1) is 49.7. The molecule has 6 amide bonds. The number of carbonyl (C=O) groups excluding carboxylic acids is 4. The van der Waals surface area contributed by atoms with Gasteiger partial charge in [-0.25, -0.2) is 14.6 Å². The number of hydrogen-bond donors (Lipinski definition) is 7. The van der Waals surface area contributed by atoms with Gasteiger partial charge in [0.2, 0.25) is 5.91 Å². The summed E-state index contributed by atoms with van der Waals surface area (Å²) in [6, 6.07) is 18.4. The van der Waals surface area contributed by atoms with Crippen molar-refractivity contribution < 1.29 is 48.0 Å². The molecule has 17 nitrogen and oxygen atoms in total. The molecular formula is C44H65N7O10. The van der Waals surface area contributed by atoms with E-state index in [1.54, 1.807) is 31.4 Å². The Kier molecular flexibility index (Phi) is 21.7. The second-order valence-corrected chi connectivity index (χ2v) is 15.1. The van der Waals surface area contributed by atoms with E-state index >= 15 is 0 Å². The number of urea groups is 2. The molecule has 0 aliphatic carbocycles. The lowest BCUT2D eigenvalue weighted by Crippen LogP contribution is -2.60. The minimum Gasteiger partial charge on any atom is -0.493 e. The maximum absolute atomic E-state index is 13.9. The van der Waals surface area contributed by atoms with Crippen molar-refractivity contribution in [2.24, 2.45) is 11.8 Å². The van der Waals surface area contributed by atoms with Crippen LogP contribution < -0.4 is 46.2 Å². The zero-order chi connectivity index (χ0) is 44.7. The minimum absolute atomic E-state index is 0.132. The number of hydrazine groups is 1. The number of nitrogens with zero attached hydrogens (tertiary/aromatic N) is 1. The van der Waals surface area contributed by atoms with Crippen LogP contribution in [0.4, 0.5) is 9.59 Å². The van der Waals surface area contributed by atoms with E-state index in [2.05, 4.69) is 32.0 Å². The standard InChI is InChI=1S/C44H65N7O10/c1-29(2)39(48-43(55)45-20-22-57-5)41(53)47-35(24-31-12-10-9-11-13-31)36(52)27-51(50-42(54)40(30(3)4)49-44(56)46-21-23-58-6)26-32-14-17-34(18-15-32)61-28-33-16-19-37(59-7)38(25-33)60-8/h9-19,25,29-30,35-36,39-40,52H,20-24,26-28H2,1-8H3,(H,47,53)(H,50,54)(H2,45,48,55)(H2,46,49,56)/t35-,36-,39-,40-/m0/s1. The Labute approximate surface area is 359 Å². The Morgan fingerprint density at radius 1 is 0.656 bits per heavy atom. The van der Waals surface area contributed by atoms with Crippen molar-refractivity contribution in [1.82, 2.24) is 37.0 Å². The highest BCUT2D eigenvalue weighted by Crippen LogP contribution is 2.28. The predicted octanol–water partition coefficient (Wildman–Crippen LogP) is 3.14. The summed E-state index contributed by atoms with van der Waals surface area (Å²) in [6.07, 6.45) is -0.996. The molecule has 17 heteroatoms. The van der Waals surface area contributed by atoms with Crippen molar-refractivity contribution in [3.8, 4) is 17.2 Å². The number of aliphatic hydroxyl groups excluding tert-OH is 1. The average molecular weight is 852 g/mol. The van der Waals surface area contributed by atoms with Gasteiger partial charge in [0, 0.05) is 40.4 Å². The van der Waals surface area contributed by atoms with Crippen molar-refractivity contribution >= 4 is 23.9 Å². The van der Waals surface area contributed by atoms with Gasteiger partial charge in [-0.3, -0.25) is 15.0 Å². The number of aliphatic hydroxyl groups is 1. The first-order valence-electron chi connectivity index (χ1n) is 20.3. The quantitative estimate of drug-likeness (QED) is 0.0461. The summed E-state index contributed by atoms with van der Waals surface area (Å²) in [5.74, 6) is 0.209. The van der Waals surface area contributed by atoms with Gasteiger partial charge in [0.05, 0.1) is 39.6 Å². The molecule has 0 saturated heterocycles. The lowest BCUT2D eigenvalue weighted by molar-refractivity contribution is -0.131. The van der Waals surface area contributed by atoms with Crippen LogP contribution in [0.2, 0.25) is 0 Å². The molecule has 0 unspecified atom stereocenters. The molecule has 0 spiro atoms. The van der Waals surface area contributed by atoms with Gasteiger partial charge in [0.15, 0.2) is 11.5 Å². The average Bonchev–Trinajstić information content (AvgIpc) is 3.24. The first-order chi connectivity index (χ1) is 29.3. The molecule has 0 aliphatic heterocycles. The van der Waals surface area contributed by atoms with Crippen LogP contribution in [0.1, 0.15) is 44.4 Å². The molecule has 3 aromatic rings. The summed E-state index contributed by atoms with van der Waals surface area (Å²) in [5.41, 5.74) is 5.42. The first-order valence-corrected chi connectivity index (χ1v) is 20.3. The van der Waals surface area contributed by atoms with E-state index in [0.29, 0.717) is 30.5 Å². The predicted molar refractivity (Wildman–Crippen MR) is 231 cm³/mol. The zero-order valence-corrected chi connectivity index (χ0v) is 36.6. The third-order valence-corrected chi connectivity index (χ3v) is 9.57. The molecule has 0 aliphatic rings. The van der Waals surface area contributed by atoms with Gasteiger partial charge in [0.25, 0.3) is 5.91 Å². The number of carbonyl (C=O) groups is 4. The van der Waals surface area contributed by atoms with Crippen LogP contribution >= 0.6 is 0 Å². The lowest BCUT2D eigenvalue weighted by atomic mass is 9.98. The Bertz CT molecular complexity index is 1780. The van der Waals surface area contributed by atoms with Crippen LogP contribution in [-0.4, -0.2) is 120 Å². The fourth-order valence-corrected chi connectivity index (χ4v) is 6.19. The normalized spacial score (nSPS) is 13.1. The molecule has 4 atom stereocenters. The van der Waals surface area contributed by atoms with Gasteiger partial charge in [-0.1, -0.05) is 76.2 Å². The van der Waals surface area contributed by atoms with Gasteiger partial charge < -0.3 is 55.4 Å². The number of methoxy groups -OCH3 is 4. The molecule has 0 saturated carbocycles. The molecule has 0 heterocycles. The summed E-state index contributed by atoms with van der Waals surface area (Å²) in [6.45, 7) is 8.62. The monoisotopic (exact) mass is 851 g/mol. The van der Waals surface area contributed by atoms with Crippen molar-refractivity contribution in [1.29, 1.82) is 0 Å². The van der Waals surface area contributed by atoms with E-state index in [9.17, 15) is 24.3 Å². The highest BCUT2D eigenvalue weighted by atomic mass is 16.5. The SMILES string of the molecule is COCCNC(=O)N[C@H](C(=O)N[C@@H](Cc1ccccc1)[C@@H](O)CN(Cc1ccc(OCc2ccc(OC)c(OC)c2)cc1)NC(=O)[C@@H](NC(=O)NCCOC)C(C)C)C(C)C. The second kappa shape index (κ2) is 26.6. The Balaban J connectivity index is 1.88. The van der Waals surface area contributed by atoms with Crippen molar-refractivity contribution in [3.63, 3.8) is 0 Å². The Morgan fingerprint density at radius 2 is 1.21 bits per heavy atom. The summed E-state index contributed by atoms with van der Waals surface area (Å²) >= 11 is 0. The highest BCUT2D eigenvalue weighted by molar-refractivity contribution is 5.88. The Morgan fingerprint density at radius 3 is 1.75 bits per heavy atom. The summed E-state index contributed by atoms with van der Waals surface area (Å²) in [7, 11) is 6.19. The number of rotatable bonds is 26. The van der Waals surface area contributed by atoms with E-state index < -0.39 is 48.1 Å². The van der Waals surface area contributed by atoms with E-state index in [1.165, 1.54) is 14.2 Å². The summed E-state index contributed by atoms with van der Waals surface area (Å²) < 4.78 is 26.8. The summed E-state index contributed by atoms with van der Waals surface area (Å²) in [5, 5.41) is 27.3. The van der Waals surface area contributed by atoms with Crippen molar-refractivity contribution in [2.45, 2.75) is 71.5 Å². The van der Waals surface area contributed by atoms with Crippen molar-refractivity contribution in [3.05, 3.63) is 89.5 Å². The van der Waals surface area contributed by atoms with Gasteiger partial charge in [0.1, 0.15) is 24.4 Å². The second-order valence-electron chi connectivity index (χ2n) is 15.1. The van der Waals surface area contributed by atoms with Crippen LogP contribution in [0.15, 0.2) is 72.8 Å². The molecular weight excluding hydrogens is 787 g/mol. The Hall–Kier alpha value is -5.62. The molecule has 7 N–H and O–H groups in total. The van der Waals surface area contributed by atoms with E-state index in [-0.39, 0.29) is 51.0 Å². The molecule has 0 bridgehead atoms. The molecule has 336 valence electrons. The zero-order valence-electron chi connectivity index (χ0n) is 36.6. The van der Waals surface area contributed by atoms with Gasteiger partial charge >= 0.3 is 12.1 Å². The number of amides is 6. The van der Waals surface area contributed by atoms with Gasteiger partial charge in [-0.15, -0.1) is 0 Å². The summed E-state index contributed by atoms with van der Waals surface area (Å²) in [4.78, 5) is 53.2. The third kappa shape index (κ3) is 17.5. The highest BCUT2D eigenvalue weighted by Gasteiger charge is 2.32. The van der Waals surface area contributed by atoms with Crippen LogP contribution in [-0.2, 0) is 38.6 Å². The number of hydrogen-bond acceptors (Lipinski definition) is 11. The molecule has 3 rings (SSSR count). The maximum Gasteiger partial charge on any atom is 0.315 e. The number of ether oxygens (including phenoxy) is 5. The van der Waals surface area contributed by atoms with Crippen LogP contribution in [0.5, 0.6) is 17.2 Å². The van der Waals surface area contributed by atoms with Crippen molar-refractivity contribution in [2.75, 3.05) is 61.3 Å². The third-order valence-electron chi connectivity index (χ3n) is 9.57. The largest absolute Gasteiger partial charge is 0.493 e. The molecule has 61 heavy (non-hydrogen) atoms. The smallest absolute Gasteiger partial charge is 0.315 e. The number of nitrogens with one attached hydrogen (secondary N) is 6. The van der Waals surface area contributed by atoms with Gasteiger partial charge in [-0.2, -0.15) is 0 Å². The molecule has 0 fully saturated rings. The topological polar surface area (TPSA) is 210 Å². The fourth-order valence-electron chi connectivity index (χ4n) is 6.19. The molecule has 0 radical (unpaired) electrons. The van der Waals surface area contributed by atoms with Gasteiger partial charge in [-0.05, 0) is 59.2 Å². The number of benzene rings is 3. The maximum atomic E-state index is 13.9. The van der Waals surface area contributed by atoms with Crippen LogP contribution in [0.25, 0.3) is 0 Å². The van der Waals surface area contributed by atoms with Crippen LogP contribution in [0, 0.1) is 11.8 Å². The molecule has 3 aromatic carbocycles. The lowest BCUT2D eigenvalue weighted by Gasteiger charge is -2.33. The fraction of sp³-hybridized carbons (Fsp3) is 0.500. The van der Waals surface area contributed by atoms with Crippen LogP contribution in [0.3, 0.4) is 0 Å². The van der Waals surface area contributed by atoms with E-state index in [4.69, 9.17) is 23.7 Å². The minimum atomic E-state index is -1.24. The van der Waals surface area contributed by atoms with E-state index in [0.717, 1.165) is 16.7 Å².